The van der Waals surface area contributed by atoms with Crippen molar-refractivity contribution < 1.29 is 14.3 Å². The minimum atomic E-state index is -0.513. The number of ether oxygens (including phenoxy) is 1. The molecule has 0 unspecified atom stereocenters. The van der Waals surface area contributed by atoms with Crippen LogP contribution in [0.2, 0.25) is 5.02 Å². The first-order valence-electron chi connectivity index (χ1n) is 10.0. The zero-order chi connectivity index (χ0) is 20.4. The van der Waals surface area contributed by atoms with Gasteiger partial charge in [0, 0.05) is 29.9 Å². The van der Waals surface area contributed by atoms with E-state index in [1.807, 2.05) is 29.2 Å². The number of amides is 2. The minimum Gasteiger partial charge on any atom is -0.383 e. The highest BCUT2D eigenvalue weighted by molar-refractivity contribution is 6.30. The lowest BCUT2D eigenvalue weighted by Gasteiger charge is -2.50. The van der Waals surface area contributed by atoms with Gasteiger partial charge in [-0.1, -0.05) is 42.6 Å². The lowest BCUT2D eigenvalue weighted by Crippen LogP contribution is -2.60. The Kier molecular flexibility index (Phi) is 5.61. The molecule has 1 saturated carbocycles. The number of anilines is 1. The first kappa shape index (κ1) is 19.9. The standard InChI is InChI=1S/C23H25ClN2O3/c1-29-15-14-26-22(28)19-7-3-2-6-18(19)20(23(26)12-4-5-13-23)21(27)25-17-10-8-16(24)9-11-17/h2-3,6-11,20H,4-5,12-15H2,1H3,(H,25,27)/t20-/m1/s1. The number of carbonyl (C=O) groups is 2. The molecule has 2 aromatic rings. The molecule has 2 aliphatic rings. The predicted molar refractivity (Wildman–Crippen MR) is 113 cm³/mol. The summed E-state index contributed by atoms with van der Waals surface area (Å²) in [5.74, 6) is -0.516. The maximum absolute atomic E-state index is 13.6. The van der Waals surface area contributed by atoms with E-state index in [1.165, 1.54) is 0 Å². The molecule has 1 heterocycles. The van der Waals surface area contributed by atoms with Crippen LogP contribution in [0.1, 0.15) is 47.5 Å². The molecule has 1 N–H and O–H groups in total. The van der Waals surface area contributed by atoms with Gasteiger partial charge in [-0.15, -0.1) is 0 Å². The maximum atomic E-state index is 13.6. The average Bonchev–Trinajstić information content (AvgIpc) is 3.19. The molecule has 29 heavy (non-hydrogen) atoms. The molecule has 1 aliphatic carbocycles. The van der Waals surface area contributed by atoms with E-state index in [0.717, 1.165) is 31.2 Å². The smallest absolute Gasteiger partial charge is 0.254 e. The van der Waals surface area contributed by atoms with Crippen LogP contribution in [0.25, 0.3) is 0 Å². The van der Waals surface area contributed by atoms with Gasteiger partial charge in [-0.05, 0) is 48.7 Å². The van der Waals surface area contributed by atoms with Crippen molar-refractivity contribution in [3.63, 3.8) is 0 Å². The number of nitrogens with zero attached hydrogens (tertiary/aromatic N) is 1. The topological polar surface area (TPSA) is 58.6 Å². The maximum Gasteiger partial charge on any atom is 0.254 e. The van der Waals surface area contributed by atoms with Crippen LogP contribution >= 0.6 is 11.6 Å². The second-order valence-corrected chi connectivity index (χ2v) is 8.21. The van der Waals surface area contributed by atoms with Gasteiger partial charge >= 0.3 is 0 Å². The molecule has 0 bridgehead atoms. The predicted octanol–water partition coefficient (Wildman–Crippen LogP) is 4.48. The number of carbonyl (C=O) groups excluding carboxylic acids is 2. The Balaban J connectivity index is 1.77. The van der Waals surface area contributed by atoms with Gasteiger partial charge in [-0.25, -0.2) is 0 Å². The number of nitrogens with one attached hydrogen (secondary N) is 1. The van der Waals surface area contributed by atoms with E-state index in [2.05, 4.69) is 5.32 Å². The molecule has 152 valence electrons. The number of rotatable bonds is 5. The van der Waals surface area contributed by atoms with Gasteiger partial charge in [0.15, 0.2) is 0 Å². The highest BCUT2D eigenvalue weighted by Gasteiger charge is 2.55. The van der Waals surface area contributed by atoms with E-state index in [9.17, 15) is 9.59 Å². The fourth-order valence-corrected chi connectivity index (χ4v) is 5.05. The van der Waals surface area contributed by atoms with Crippen LogP contribution in [0.5, 0.6) is 0 Å². The Morgan fingerprint density at radius 1 is 1.17 bits per heavy atom. The summed E-state index contributed by atoms with van der Waals surface area (Å²) in [6, 6.07) is 14.6. The number of methoxy groups -OCH3 is 1. The normalized spacial score (nSPS) is 20.0. The molecule has 5 nitrogen and oxygen atoms in total. The minimum absolute atomic E-state index is 0.00454. The zero-order valence-electron chi connectivity index (χ0n) is 16.5. The zero-order valence-corrected chi connectivity index (χ0v) is 17.2. The molecule has 2 amide bonds. The lowest BCUT2D eigenvalue weighted by atomic mass is 9.71. The molecule has 1 spiro atoms. The summed E-state index contributed by atoms with van der Waals surface area (Å²) in [6.45, 7) is 0.926. The molecule has 1 fully saturated rings. The fourth-order valence-electron chi connectivity index (χ4n) is 4.92. The van der Waals surface area contributed by atoms with E-state index >= 15 is 0 Å². The summed E-state index contributed by atoms with van der Waals surface area (Å²) in [5.41, 5.74) is 1.61. The Morgan fingerprint density at radius 2 is 1.86 bits per heavy atom. The number of hydrogen-bond donors (Lipinski definition) is 1. The molecule has 2 aromatic carbocycles. The van der Waals surface area contributed by atoms with E-state index in [0.29, 0.717) is 29.4 Å². The van der Waals surface area contributed by atoms with Crippen LogP contribution in [-0.4, -0.2) is 42.5 Å². The van der Waals surface area contributed by atoms with Crippen molar-refractivity contribution in [3.8, 4) is 0 Å². The van der Waals surface area contributed by atoms with Gasteiger partial charge in [-0.3, -0.25) is 9.59 Å². The van der Waals surface area contributed by atoms with Crippen LogP contribution in [0.3, 0.4) is 0 Å². The largest absolute Gasteiger partial charge is 0.383 e. The Bertz CT molecular complexity index is 907. The van der Waals surface area contributed by atoms with Gasteiger partial charge in [0.1, 0.15) is 0 Å². The summed E-state index contributed by atoms with van der Waals surface area (Å²) in [5, 5.41) is 3.68. The van der Waals surface area contributed by atoms with E-state index in [1.54, 1.807) is 31.4 Å². The highest BCUT2D eigenvalue weighted by atomic mass is 35.5. The summed E-state index contributed by atoms with van der Waals surface area (Å²) in [7, 11) is 1.63. The first-order valence-corrected chi connectivity index (χ1v) is 10.4. The SMILES string of the molecule is COCCN1C(=O)c2ccccc2[C@H](C(=O)Nc2ccc(Cl)cc2)C12CCCC2. The lowest BCUT2D eigenvalue weighted by molar-refractivity contribution is -0.121. The van der Waals surface area contributed by atoms with Gasteiger partial charge in [0.2, 0.25) is 5.91 Å². The number of hydrogen-bond acceptors (Lipinski definition) is 3. The van der Waals surface area contributed by atoms with E-state index in [-0.39, 0.29) is 11.8 Å². The van der Waals surface area contributed by atoms with Crippen molar-refractivity contribution in [2.45, 2.75) is 37.1 Å². The van der Waals surface area contributed by atoms with Crippen LogP contribution in [-0.2, 0) is 9.53 Å². The molecule has 4 rings (SSSR count). The monoisotopic (exact) mass is 412 g/mol. The van der Waals surface area contributed by atoms with Gasteiger partial charge < -0.3 is 15.0 Å². The molecule has 1 atom stereocenters. The van der Waals surface area contributed by atoms with Gasteiger partial charge in [0.05, 0.1) is 18.1 Å². The summed E-state index contributed by atoms with van der Waals surface area (Å²) in [6.07, 6.45) is 3.64. The third-order valence-electron chi connectivity index (χ3n) is 6.18. The third-order valence-corrected chi connectivity index (χ3v) is 6.44. The molecule has 0 aromatic heterocycles. The van der Waals surface area contributed by atoms with E-state index in [4.69, 9.17) is 16.3 Å². The molecule has 0 saturated heterocycles. The van der Waals surface area contributed by atoms with Crippen LogP contribution in [0, 0.1) is 0 Å². The molecule has 6 heteroatoms. The Morgan fingerprint density at radius 3 is 2.55 bits per heavy atom. The molecule has 0 radical (unpaired) electrons. The number of halogens is 1. The summed E-state index contributed by atoms with van der Waals surface area (Å²) < 4.78 is 5.28. The van der Waals surface area contributed by atoms with Crippen molar-refractivity contribution in [1.82, 2.24) is 4.90 Å². The van der Waals surface area contributed by atoms with Crippen molar-refractivity contribution in [2.24, 2.45) is 0 Å². The molecule has 1 aliphatic heterocycles. The fraction of sp³-hybridized carbons (Fsp3) is 0.391. The van der Waals surface area contributed by atoms with Crippen molar-refractivity contribution in [3.05, 3.63) is 64.7 Å². The second-order valence-electron chi connectivity index (χ2n) is 7.78. The highest BCUT2D eigenvalue weighted by Crippen LogP contribution is 2.50. The Hall–Kier alpha value is -2.37. The van der Waals surface area contributed by atoms with Crippen LogP contribution in [0.15, 0.2) is 48.5 Å². The van der Waals surface area contributed by atoms with Crippen molar-refractivity contribution in [1.29, 1.82) is 0 Å². The molecular formula is C23H25ClN2O3. The van der Waals surface area contributed by atoms with Gasteiger partial charge in [-0.2, -0.15) is 0 Å². The summed E-state index contributed by atoms with van der Waals surface area (Å²) in [4.78, 5) is 28.9. The quantitative estimate of drug-likeness (QED) is 0.787. The van der Waals surface area contributed by atoms with Crippen molar-refractivity contribution in [2.75, 3.05) is 25.6 Å². The van der Waals surface area contributed by atoms with Crippen molar-refractivity contribution >= 4 is 29.1 Å². The Labute approximate surface area is 176 Å². The van der Waals surface area contributed by atoms with Crippen LogP contribution in [0.4, 0.5) is 5.69 Å². The second kappa shape index (κ2) is 8.17. The van der Waals surface area contributed by atoms with E-state index < -0.39 is 11.5 Å². The first-order chi connectivity index (χ1) is 14.1. The van der Waals surface area contributed by atoms with Crippen LogP contribution < -0.4 is 5.32 Å². The number of fused-ring (bicyclic) bond motifs is 1. The number of benzene rings is 2. The third kappa shape index (κ3) is 3.53. The molecular weight excluding hydrogens is 388 g/mol. The summed E-state index contributed by atoms with van der Waals surface area (Å²) >= 11 is 5.98. The van der Waals surface area contributed by atoms with Gasteiger partial charge in [0.25, 0.3) is 5.91 Å². The average molecular weight is 413 g/mol.